The molecule has 1 aromatic rings. The summed E-state index contributed by atoms with van der Waals surface area (Å²) in [6, 6.07) is 10.4. The lowest BCUT2D eigenvalue weighted by Gasteiger charge is -2.24. The van der Waals surface area contributed by atoms with Gasteiger partial charge in [0.05, 0.1) is 10.6 Å². The molecular formula is C14H17NS. The molecule has 1 heterocycles. The van der Waals surface area contributed by atoms with Crippen LogP contribution in [-0.2, 0) is 0 Å². The van der Waals surface area contributed by atoms with E-state index in [1.54, 1.807) is 0 Å². The van der Waals surface area contributed by atoms with Gasteiger partial charge in [0.1, 0.15) is 0 Å². The molecule has 2 rings (SSSR count). The molecule has 1 nitrogen and oxygen atoms in total. The Kier molecular flexibility index (Phi) is 3.49. The van der Waals surface area contributed by atoms with Crippen molar-refractivity contribution in [1.82, 2.24) is 0 Å². The molecule has 16 heavy (non-hydrogen) atoms. The summed E-state index contributed by atoms with van der Waals surface area (Å²) in [5.41, 5.74) is 1.34. The number of hydrogen-bond donors (Lipinski definition) is 0. The van der Waals surface area contributed by atoms with Gasteiger partial charge < -0.3 is 0 Å². The average Bonchev–Trinajstić information content (AvgIpc) is 2.27. The maximum atomic E-state index is 4.72. The van der Waals surface area contributed by atoms with E-state index in [1.807, 2.05) is 17.8 Å². The van der Waals surface area contributed by atoms with Crippen molar-refractivity contribution in [3.05, 3.63) is 42.0 Å². The standard InChI is InChI=1S/C14H17NS/c1-14(2)10-11-16-13(15-14)9-8-12-6-4-3-5-7-12/h3-9H,10-11H2,1-2H3/b9-8+. The maximum absolute atomic E-state index is 4.72. The van der Waals surface area contributed by atoms with Gasteiger partial charge in [0.2, 0.25) is 0 Å². The average molecular weight is 231 g/mol. The summed E-state index contributed by atoms with van der Waals surface area (Å²) in [6.07, 6.45) is 5.43. The van der Waals surface area contributed by atoms with Crippen LogP contribution in [0.3, 0.4) is 0 Å². The maximum Gasteiger partial charge on any atom is 0.0911 e. The second-order valence-corrected chi connectivity index (χ2v) is 5.72. The minimum atomic E-state index is 0.113. The Balaban J connectivity index is 2.10. The van der Waals surface area contributed by atoms with Gasteiger partial charge in [0.15, 0.2) is 0 Å². The molecule has 0 amide bonds. The molecular weight excluding hydrogens is 214 g/mol. The van der Waals surface area contributed by atoms with Crippen LogP contribution in [0.15, 0.2) is 41.4 Å². The fourth-order valence-electron chi connectivity index (χ4n) is 1.61. The van der Waals surface area contributed by atoms with Crippen LogP contribution in [0.2, 0.25) is 0 Å². The molecule has 1 aliphatic heterocycles. The lowest BCUT2D eigenvalue weighted by Crippen LogP contribution is -2.23. The van der Waals surface area contributed by atoms with Crippen LogP contribution in [0.4, 0.5) is 0 Å². The summed E-state index contributed by atoms with van der Waals surface area (Å²) in [4.78, 5) is 4.72. The molecule has 0 aliphatic carbocycles. The number of hydrogen-bond acceptors (Lipinski definition) is 2. The van der Waals surface area contributed by atoms with E-state index in [2.05, 4.69) is 50.3 Å². The second-order valence-electron chi connectivity index (χ2n) is 4.60. The second kappa shape index (κ2) is 4.88. The first kappa shape index (κ1) is 11.5. The summed E-state index contributed by atoms with van der Waals surface area (Å²) in [6.45, 7) is 4.39. The summed E-state index contributed by atoms with van der Waals surface area (Å²) in [5.74, 6) is 1.17. The Morgan fingerprint density at radius 1 is 1.19 bits per heavy atom. The molecule has 0 N–H and O–H groups in total. The molecule has 2 heteroatoms. The normalized spacial score (nSPS) is 19.8. The van der Waals surface area contributed by atoms with E-state index in [1.165, 1.54) is 17.7 Å². The summed E-state index contributed by atoms with van der Waals surface area (Å²) >= 11 is 1.85. The van der Waals surface area contributed by atoms with Gasteiger partial charge in [-0.1, -0.05) is 36.4 Å². The summed E-state index contributed by atoms with van der Waals surface area (Å²) < 4.78 is 0. The largest absolute Gasteiger partial charge is 0.272 e. The van der Waals surface area contributed by atoms with Gasteiger partial charge in [0, 0.05) is 5.75 Å². The van der Waals surface area contributed by atoms with Crippen molar-refractivity contribution in [3.63, 3.8) is 0 Å². The third-order valence-electron chi connectivity index (χ3n) is 2.59. The molecule has 0 atom stereocenters. The van der Waals surface area contributed by atoms with Crippen LogP contribution in [0.25, 0.3) is 6.08 Å². The number of benzene rings is 1. The van der Waals surface area contributed by atoms with Crippen LogP contribution >= 0.6 is 11.8 Å². The fourth-order valence-corrected chi connectivity index (χ4v) is 2.90. The van der Waals surface area contributed by atoms with Crippen molar-refractivity contribution in [3.8, 4) is 0 Å². The highest BCUT2D eigenvalue weighted by Crippen LogP contribution is 2.26. The SMILES string of the molecule is CC1(C)CCSC(/C=C/c2ccccc2)=N1. The van der Waals surface area contributed by atoms with E-state index in [4.69, 9.17) is 4.99 Å². The highest BCUT2D eigenvalue weighted by Gasteiger charge is 2.20. The van der Waals surface area contributed by atoms with Gasteiger partial charge in [-0.3, -0.25) is 4.99 Å². The monoisotopic (exact) mass is 231 g/mol. The molecule has 0 unspecified atom stereocenters. The number of aliphatic imine (C=N–C) groups is 1. The van der Waals surface area contributed by atoms with Crippen LogP contribution in [0.5, 0.6) is 0 Å². The summed E-state index contributed by atoms with van der Waals surface area (Å²) in [5, 5.41) is 1.15. The van der Waals surface area contributed by atoms with E-state index >= 15 is 0 Å². The Bertz CT molecular complexity index is 404. The molecule has 0 aromatic heterocycles. The first-order valence-electron chi connectivity index (χ1n) is 5.61. The zero-order valence-electron chi connectivity index (χ0n) is 9.81. The highest BCUT2D eigenvalue weighted by atomic mass is 32.2. The van der Waals surface area contributed by atoms with E-state index in [0.29, 0.717) is 0 Å². The van der Waals surface area contributed by atoms with Crippen molar-refractivity contribution < 1.29 is 0 Å². The van der Waals surface area contributed by atoms with E-state index in [9.17, 15) is 0 Å². The molecule has 0 fully saturated rings. The number of thioether (sulfide) groups is 1. The Morgan fingerprint density at radius 2 is 1.94 bits per heavy atom. The smallest absolute Gasteiger partial charge is 0.0911 e. The van der Waals surface area contributed by atoms with Gasteiger partial charge in [-0.25, -0.2) is 0 Å². The minimum Gasteiger partial charge on any atom is -0.272 e. The third kappa shape index (κ3) is 3.24. The fraction of sp³-hybridized carbons (Fsp3) is 0.357. The van der Waals surface area contributed by atoms with Crippen molar-refractivity contribution in [2.45, 2.75) is 25.8 Å². The van der Waals surface area contributed by atoms with Gasteiger partial charge in [0.25, 0.3) is 0 Å². The van der Waals surface area contributed by atoms with Crippen molar-refractivity contribution in [2.24, 2.45) is 4.99 Å². The molecule has 1 aliphatic rings. The molecule has 0 radical (unpaired) electrons. The van der Waals surface area contributed by atoms with Crippen LogP contribution in [0, 0.1) is 0 Å². The van der Waals surface area contributed by atoms with Crippen molar-refractivity contribution in [1.29, 1.82) is 0 Å². The van der Waals surface area contributed by atoms with Crippen LogP contribution < -0.4 is 0 Å². The zero-order chi connectivity index (χ0) is 11.4. The quantitative estimate of drug-likeness (QED) is 0.749. The first-order valence-corrected chi connectivity index (χ1v) is 6.60. The minimum absolute atomic E-state index is 0.113. The number of rotatable bonds is 2. The first-order chi connectivity index (χ1) is 7.66. The van der Waals surface area contributed by atoms with Gasteiger partial charge in [-0.2, -0.15) is 0 Å². The van der Waals surface area contributed by atoms with Crippen LogP contribution in [0.1, 0.15) is 25.8 Å². The molecule has 1 aromatic carbocycles. The predicted octanol–water partition coefficient (Wildman–Crippen LogP) is 4.01. The lowest BCUT2D eigenvalue weighted by molar-refractivity contribution is 0.508. The van der Waals surface area contributed by atoms with E-state index in [-0.39, 0.29) is 5.54 Å². The Morgan fingerprint density at radius 3 is 2.62 bits per heavy atom. The highest BCUT2D eigenvalue weighted by molar-refractivity contribution is 8.14. The van der Waals surface area contributed by atoms with Gasteiger partial charge in [-0.15, -0.1) is 11.8 Å². The van der Waals surface area contributed by atoms with Crippen molar-refractivity contribution in [2.75, 3.05) is 5.75 Å². The topological polar surface area (TPSA) is 12.4 Å². The molecule has 0 spiro atoms. The molecule has 84 valence electrons. The Hall–Kier alpha value is -1.02. The number of nitrogens with zero attached hydrogens (tertiary/aromatic N) is 1. The lowest BCUT2D eigenvalue weighted by atomic mass is 10.0. The van der Waals surface area contributed by atoms with Crippen LogP contribution in [-0.4, -0.2) is 16.3 Å². The predicted molar refractivity (Wildman–Crippen MR) is 74.1 cm³/mol. The third-order valence-corrected chi connectivity index (χ3v) is 3.53. The molecule has 0 saturated carbocycles. The summed E-state index contributed by atoms with van der Waals surface area (Å²) in [7, 11) is 0. The molecule has 0 bridgehead atoms. The molecule has 0 saturated heterocycles. The van der Waals surface area contributed by atoms with Gasteiger partial charge in [-0.05, 0) is 31.9 Å². The Labute approximate surface area is 102 Å². The van der Waals surface area contributed by atoms with Crippen molar-refractivity contribution >= 4 is 22.9 Å². The van der Waals surface area contributed by atoms with E-state index in [0.717, 1.165) is 5.04 Å². The van der Waals surface area contributed by atoms with Gasteiger partial charge >= 0.3 is 0 Å². The van der Waals surface area contributed by atoms with E-state index < -0.39 is 0 Å². The zero-order valence-corrected chi connectivity index (χ0v) is 10.6.